The largest absolute Gasteiger partial charge is 0.334 e. The molecule has 0 saturated heterocycles. The maximum Gasteiger partial charge on any atom is 0.0948 e. The van der Waals surface area contributed by atoms with Crippen LogP contribution in [0.25, 0.3) is 6.08 Å². The molecule has 0 aromatic carbocycles. The van der Waals surface area contributed by atoms with Gasteiger partial charge in [0.25, 0.3) is 0 Å². The second kappa shape index (κ2) is 3.72. The maximum absolute atomic E-state index is 4.01. The average Bonchev–Trinajstić information content (AvgIpc) is 2.37. The summed E-state index contributed by atoms with van der Waals surface area (Å²) in [7, 11) is 1.99. The molecular formula is C8H11BrN2. The SMILES string of the molecule is CC(=Cc1cncn1C)CBr. The third-order valence-electron chi connectivity index (χ3n) is 1.46. The van der Waals surface area contributed by atoms with Crippen LogP contribution in [0, 0.1) is 0 Å². The van der Waals surface area contributed by atoms with Crippen LogP contribution in [-0.4, -0.2) is 14.9 Å². The van der Waals surface area contributed by atoms with Crippen LogP contribution in [-0.2, 0) is 7.05 Å². The molecule has 0 saturated carbocycles. The molecule has 11 heavy (non-hydrogen) atoms. The minimum atomic E-state index is 0.915. The van der Waals surface area contributed by atoms with Gasteiger partial charge in [-0.2, -0.15) is 0 Å². The molecule has 1 aromatic rings. The summed E-state index contributed by atoms with van der Waals surface area (Å²) < 4.78 is 1.99. The minimum Gasteiger partial charge on any atom is -0.334 e. The zero-order chi connectivity index (χ0) is 8.27. The fourth-order valence-corrected chi connectivity index (χ4v) is 0.959. The number of rotatable bonds is 2. The summed E-state index contributed by atoms with van der Waals surface area (Å²) in [6.07, 6.45) is 5.77. The summed E-state index contributed by atoms with van der Waals surface area (Å²) in [6, 6.07) is 0. The van der Waals surface area contributed by atoms with Crippen molar-refractivity contribution in [2.45, 2.75) is 6.92 Å². The van der Waals surface area contributed by atoms with Crippen molar-refractivity contribution in [3.8, 4) is 0 Å². The molecule has 0 radical (unpaired) electrons. The van der Waals surface area contributed by atoms with E-state index in [4.69, 9.17) is 0 Å². The highest BCUT2D eigenvalue weighted by Crippen LogP contribution is 2.06. The monoisotopic (exact) mass is 214 g/mol. The first kappa shape index (κ1) is 8.53. The highest BCUT2D eigenvalue weighted by molar-refractivity contribution is 9.09. The lowest BCUT2D eigenvalue weighted by molar-refractivity contribution is 0.901. The quantitative estimate of drug-likeness (QED) is 0.691. The van der Waals surface area contributed by atoms with Crippen molar-refractivity contribution in [2.75, 3.05) is 5.33 Å². The van der Waals surface area contributed by atoms with E-state index in [0.717, 1.165) is 11.0 Å². The van der Waals surface area contributed by atoms with Gasteiger partial charge in [-0.25, -0.2) is 4.98 Å². The molecule has 3 heteroatoms. The van der Waals surface area contributed by atoms with Gasteiger partial charge >= 0.3 is 0 Å². The molecule has 0 spiro atoms. The molecular weight excluding hydrogens is 204 g/mol. The van der Waals surface area contributed by atoms with E-state index < -0.39 is 0 Å². The molecule has 0 bridgehead atoms. The zero-order valence-electron chi connectivity index (χ0n) is 6.71. The highest BCUT2D eigenvalue weighted by Gasteiger charge is 1.93. The van der Waals surface area contributed by atoms with Crippen LogP contribution in [0.15, 0.2) is 18.1 Å². The lowest BCUT2D eigenvalue weighted by Gasteiger charge is -1.96. The van der Waals surface area contributed by atoms with E-state index >= 15 is 0 Å². The normalized spacial score (nSPS) is 12.1. The Hall–Kier alpha value is -0.570. The van der Waals surface area contributed by atoms with Gasteiger partial charge in [0.2, 0.25) is 0 Å². The third kappa shape index (κ3) is 2.19. The van der Waals surface area contributed by atoms with Crippen molar-refractivity contribution in [3.05, 3.63) is 23.8 Å². The number of alkyl halides is 1. The van der Waals surface area contributed by atoms with Crippen molar-refractivity contribution in [1.29, 1.82) is 0 Å². The molecule has 0 N–H and O–H groups in total. The molecule has 1 aromatic heterocycles. The Morgan fingerprint density at radius 2 is 2.55 bits per heavy atom. The average molecular weight is 215 g/mol. The molecule has 0 amide bonds. The zero-order valence-corrected chi connectivity index (χ0v) is 8.30. The van der Waals surface area contributed by atoms with Crippen molar-refractivity contribution < 1.29 is 0 Å². The Bertz CT molecular complexity index is 263. The van der Waals surface area contributed by atoms with Crippen molar-refractivity contribution >= 4 is 22.0 Å². The first-order valence-corrected chi connectivity index (χ1v) is 4.55. The molecule has 0 aliphatic heterocycles. The fraction of sp³-hybridized carbons (Fsp3) is 0.375. The predicted octanol–water partition coefficient (Wildman–Crippen LogP) is 2.22. The van der Waals surface area contributed by atoms with E-state index in [-0.39, 0.29) is 0 Å². The van der Waals surface area contributed by atoms with Crippen LogP contribution < -0.4 is 0 Å². The molecule has 1 rings (SSSR count). The van der Waals surface area contributed by atoms with Crippen molar-refractivity contribution in [3.63, 3.8) is 0 Å². The second-order valence-corrected chi connectivity index (χ2v) is 3.11. The van der Waals surface area contributed by atoms with E-state index in [2.05, 4.69) is 33.9 Å². The summed E-state index contributed by atoms with van der Waals surface area (Å²) >= 11 is 3.39. The number of nitrogens with zero attached hydrogens (tertiary/aromatic N) is 2. The number of allylic oxidation sites excluding steroid dienone is 1. The first-order chi connectivity index (χ1) is 5.24. The van der Waals surface area contributed by atoms with Gasteiger partial charge in [-0.05, 0) is 13.0 Å². The van der Waals surface area contributed by atoms with Crippen LogP contribution in [0.5, 0.6) is 0 Å². The van der Waals surface area contributed by atoms with Gasteiger partial charge in [0.1, 0.15) is 0 Å². The summed E-state index contributed by atoms with van der Waals surface area (Å²) in [5.41, 5.74) is 2.44. The van der Waals surface area contributed by atoms with Crippen LogP contribution in [0.4, 0.5) is 0 Å². The Morgan fingerprint density at radius 1 is 1.82 bits per heavy atom. The number of hydrogen-bond acceptors (Lipinski definition) is 1. The first-order valence-electron chi connectivity index (χ1n) is 3.43. The Kier molecular flexibility index (Phi) is 2.88. The summed E-state index contributed by atoms with van der Waals surface area (Å²) in [6.45, 7) is 2.09. The number of aromatic nitrogens is 2. The van der Waals surface area contributed by atoms with Crippen molar-refractivity contribution in [1.82, 2.24) is 9.55 Å². The van der Waals surface area contributed by atoms with Crippen LogP contribution >= 0.6 is 15.9 Å². The van der Waals surface area contributed by atoms with E-state index in [0.29, 0.717) is 0 Å². The van der Waals surface area contributed by atoms with Crippen molar-refractivity contribution in [2.24, 2.45) is 7.05 Å². The highest BCUT2D eigenvalue weighted by atomic mass is 79.9. The van der Waals surface area contributed by atoms with Gasteiger partial charge in [-0.3, -0.25) is 0 Å². The molecule has 0 atom stereocenters. The van der Waals surface area contributed by atoms with E-state index in [1.54, 1.807) is 6.33 Å². The molecule has 60 valence electrons. The van der Waals surface area contributed by atoms with Gasteiger partial charge in [0, 0.05) is 12.4 Å². The van der Waals surface area contributed by atoms with Gasteiger partial charge < -0.3 is 4.57 Å². The van der Waals surface area contributed by atoms with Gasteiger partial charge in [0.15, 0.2) is 0 Å². The summed E-state index contributed by atoms with van der Waals surface area (Å²) in [4.78, 5) is 4.01. The van der Waals surface area contributed by atoms with E-state index in [9.17, 15) is 0 Å². The Morgan fingerprint density at radius 3 is 3.00 bits per heavy atom. The van der Waals surface area contributed by atoms with Gasteiger partial charge in [0.05, 0.1) is 18.2 Å². The standard InChI is InChI=1S/C8H11BrN2/c1-7(4-9)3-8-5-10-6-11(8)2/h3,5-6H,4H2,1-2H3. The lowest BCUT2D eigenvalue weighted by atomic mass is 10.3. The number of aryl methyl sites for hydroxylation is 1. The summed E-state index contributed by atoms with van der Waals surface area (Å²) in [5, 5.41) is 0.915. The maximum atomic E-state index is 4.01. The Balaban J connectivity index is 2.86. The third-order valence-corrected chi connectivity index (χ3v) is 2.34. The van der Waals surface area contributed by atoms with Gasteiger partial charge in [-0.15, -0.1) is 0 Å². The predicted molar refractivity (Wildman–Crippen MR) is 50.7 cm³/mol. The van der Waals surface area contributed by atoms with Crippen LogP contribution in [0.3, 0.4) is 0 Å². The fourth-order valence-electron chi connectivity index (χ4n) is 0.798. The molecule has 0 aliphatic carbocycles. The number of hydrogen-bond donors (Lipinski definition) is 0. The van der Waals surface area contributed by atoms with Crippen LogP contribution in [0.2, 0.25) is 0 Å². The Labute approximate surface area is 75.1 Å². The smallest absolute Gasteiger partial charge is 0.0948 e. The minimum absolute atomic E-state index is 0.915. The van der Waals surface area contributed by atoms with Crippen LogP contribution in [0.1, 0.15) is 12.6 Å². The molecule has 1 heterocycles. The molecule has 2 nitrogen and oxygen atoms in total. The number of imidazole rings is 1. The van der Waals surface area contributed by atoms with Gasteiger partial charge in [-0.1, -0.05) is 21.5 Å². The lowest BCUT2D eigenvalue weighted by Crippen LogP contribution is -1.88. The second-order valence-electron chi connectivity index (χ2n) is 2.55. The summed E-state index contributed by atoms with van der Waals surface area (Å²) in [5.74, 6) is 0. The number of halogens is 1. The molecule has 0 unspecified atom stereocenters. The van der Waals surface area contributed by atoms with E-state index in [1.807, 2.05) is 17.8 Å². The van der Waals surface area contributed by atoms with E-state index in [1.165, 1.54) is 5.57 Å². The molecule has 0 aliphatic rings. The topological polar surface area (TPSA) is 17.8 Å². The molecule has 0 fully saturated rings.